The van der Waals surface area contributed by atoms with E-state index in [9.17, 15) is 9.59 Å². The van der Waals surface area contributed by atoms with Gasteiger partial charge in [0, 0.05) is 32.0 Å². The number of esters is 1. The average molecular weight is 631 g/mol. The van der Waals surface area contributed by atoms with E-state index in [-0.39, 0.29) is 38.6 Å². The average Bonchev–Trinajstić information content (AvgIpc) is 2.79. The van der Waals surface area contributed by atoms with Crippen molar-refractivity contribution >= 4 is 35.5 Å². The van der Waals surface area contributed by atoms with E-state index in [1.807, 2.05) is 11.8 Å². The van der Waals surface area contributed by atoms with Crippen molar-refractivity contribution in [2.75, 3.05) is 7.11 Å². The van der Waals surface area contributed by atoms with Crippen LogP contribution in [0.5, 0.6) is 11.5 Å². The van der Waals surface area contributed by atoms with Crippen molar-refractivity contribution in [3.63, 3.8) is 0 Å². The molecule has 7 heteroatoms. The minimum Gasteiger partial charge on any atom is -0.496 e. The van der Waals surface area contributed by atoms with Gasteiger partial charge in [-0.1, -0.05) is 83.1 Å². The van der Waals surface area contributed by atoms with Crippen molar-refractivity contribution in [3.05, 3.63) is 46.5 Å². The van der Waals surface area contributed by atoms with E-state index in [0.717, 1.165) is 21.8 Å². The van der Waals surface area contributed by atoms with Crippen LogP contribution in [0.3, 0.4) is 0 Å². The molecule has 0 aliphatic carbocycles. The van der Waals surface area contributed by atoms with E-state index in [1.54, 1.807) is 18.9 Å². The first-order valence-electron chi connectivity index (χ1n) is 15.0. The molecule has 1 N–H and O–H groups in total. The Kier molecular flexibility index (Phi) is 11.3. The number of carbonyl (C=O) groups excluding carboxylic acids is 1. The number of carbonyl (C=O) groups is 2. The summed E-state index contributed by atoms with van der Waals surface area (Å²) in [5, 5.41) is 9.06. The molecule has 0 saturated carbocycles. The molecule has 0 aliphatic rings. The van der Waals surface area contributed by atoms with Crippen LogP contribution in [0.1, 0.15) is 132 Å². The molecule has 0 saturated heterocycles. The molecule has 2 rings (SSSR count). The second-order valence-corrected chi connectivity index (χ2v) is 19.5. The molecule has 43 heavy (non-hydrogen) atoms. The Hall–Kier alpha value is -2.12. The van der Waals surface area contributed by atoms with Crippen LogP contribution in [0, 0.1) is 0 Å². The lowest BCUT2D eigenvalue weighted by Crippen LogP contribution is -2.23. The molecule has 0 radical (unpaired) electrons. The van der Waals surface area contributed by atoms with Crippen molar-refractivity contribution in [1.82, 2.24) is 0 Å². The van der Waals surface area contributed by atoms with Gasteiger partial charge in [-0.05, 0) is 59.8 Å². The van der Waals surface area contributed by atoms with Crippen LogP contribution >= 0.6 is 23.5 Å². The third-order valence-electron chi connectivity index (χ3n) is 7.05. The Balaban J connectivity index is 2.63. The summed E-state index contributed by atoms with van der Waals surface area (Å²) in [6.45, 7) is 30.5. The predicted octanol–water partition coefficient (Wildman–Crippen LogP) is 10.3. The summed E-state index contributed by atoms with van der Waals surface area (Å²) in [5.41, 5.74) is 3.48. The number of methoxy groups -OCH3 is 1. The highest BCUT2D eigenvalue weighted by Crippen LogP contribution is 2.51. The first-order valence-corrected chi connectivity index (χ1v) is 16.6. The summed E-state index contributed by atoms with van der Waals surface area (Å²) in [6, 6.07) is 8.83. The molecule has 2 aromatic carbocycles. The molecule has 0 amide bonds. The van der Waals surface area contributed by atoms with Crippen LogP contribution in [0.15, 0.2) is 34.1 Å². The van der Waals surface area contributed by atoms with Crippen molar-refractivity contribution in [3.8, 4) is 11.5 Å². The van der Waals surface area contributed by atoms with Gasteiger partial charge in [0.15, 0.2) is 0 Å². The van der Waals surface area contributed by atoms with Gasteiger partial charge in [-0.25, -0.2) is 0 Å². The minimum absolute atomic E-state index is 0.0832. The lowest BCUT2D eigenvalue weighted by molar-refractivity contribution is -0.142. The van der Waals surface area contributed by atoms with Crippen molar-refractivity contribution < 1.29 is 24.2 Å². The van der Waals surface area contributed by atoms with Crippen molar-refractivity contribution in [2.45, 2.75) is 145 Å². The Morgan fingerprint density at radius 2 is 0.930 bits per heavy atom. The highest BCUT2D eigenvalue weighted by molar-refractivity contribution is 8.18. The maximum absolute atomic E-state index is 12.7. The van der Waals surface area contributed by atoms with Crippen LogP contribution in [0.2, 0.25) is 0 Å². The quantitative estimate of drug-likeness (QED) is 0.128. The maximum atomic E-state index is 12.7. The van der Waals surface area contributed by atoms with E-state index < -0.39 is 11.9 Å². The van der Waals surface area contributed by atoms with Crippen LogP contribution in [-0.4, -0.2) is 28.2 Å². The summed E-state index contributed by atoms with van der Waals surface area (Å²) in [4.78, 5) is 26.1. The smallest absolute Gasteiger partial charge is 0.311 e. The van der Waals surface area contributed by atoms with E-state index in [2.05, 4.69) is 121 Å². The standard InChI is InChI=1S/C36H54O5S2/c1-32(2,3)24-18-22(19-25(30(24)40-15)33(4,5)6)42-36(13,14)43-23-20-26(34(7,8)9)31(27(21-23)35(10,11)12)41-29(39)17-16-28(37)38/h18-21H,16-17H2,1-15H3,(H,37,38). The highest BCUT2D eigenvalue weighted by atomic mass is 32.2. The van der Waals surface area contributed by atoms with E-state index in [4.69, 9.17) is 14.6 Å². The fraction of sp³-hybridized carbons (Fsp3) is 0.611. The summed E-state index contributed by atoms with van der Waals surface area (Å²) >= 11 is 3.63. The van der Waals surface area contributed by atoms with Gasteiger partial charge in [0.05, 0.1) is 24.0 Å². The number of benzene rings is 2. The first-order chi connectivity index (χ1) is 19.3. The normalized spacial score (nSPS) is 13.2. The Labute approximate surface area is 269 Å². The fourth-order valence-corrected chi connectivity index (χ4v) is 7.43. The number of carboxylic acids is 1. The molecule has 5 nitrogen and oxygen atoms in total. The van der Waals surface area contributed by atoms with Crippen LogP contribution in [0.25, 0.3) is 0 Å². The lowest BCUT2D eigenvalue weighted by Gasteiger charge is -2.33. The van der Waals surface area contributed by atoms with Gasteiger partial charge in [-0.15, -0.1) is 23.5 Å². The molecule has 0 aromatic heterocycles. The second-order valence-electron chi connectivity index (χ2n) is 15.9. The zero-order valence-electron chi connectivity index (χ0n) is 29.1. The molecule has 240 valence electrons. The largest absolute Gasteiger partial charge is 0.496 e. The predicted molar refractivity (Wildman–Crippen MR) is 183 cm³/mol. The fourth-order valence-electron chi connectivity index (χ4n) is 4.84. The third kappa shape index (κ3) is 10.2. The van der Waals surface area contributed by atoms with Gasteiger partial charge in [0.2, 0.25) is 0 Å². The summed E-state index contributed by atoms with van der Waals surface area (Å²) < 4.78 is 11.7. The van der Waals surface area contributed by atoms with Crippen LogP contribution < -0.4 is 9.47 Å². The zero-order valence-corrected chi connectivity index (χ0v) is 30.8. The van der Waals surface area contributed by atoms with E-state index in [0.29, 0.717) is 5.75 Å². The lowest BCUT2D eigenvalue weighted by atomic mass is 9.79. The summed E-state index contributed by atoms with van der Waals surface area (Å²) in [7, 11) is 1.76. The van der Waals surface area contributed by atoms with Crippen LogP contribution in [-0.2, 0) is 31.2 Å². The summed E-state index contributed by atoms with van der Waals surface area (Å²) in [6.07, 6.45) is -0.426. The monoisotopic (exact) mass is 630 g/mol. The number of carboxylic acid groups (broad SMARTS) is 1. The summed E-state index contributed by atoms with van der Waals surface area (Å²) in [5.74, 6) is -0.0342. The molecule has 0 heterocycles. The van der Waals surface area contributed by atoms with Crippen LogP contribution in [0.4, 0.5) is 0 Å². The number of thioether (sulfide) groups is 2. The van der Waals surface area contributed by atoms with E-state index in [1.165, 1.54) is 16.0 Å². The molecule has 2 aromatic rings. The number of aliphatic carboxylic acids is 1. The zero-order chi connectivity index (χ0) is 33.3. The second kappa shape index (κ2) is 13.1. The van der Waals surface area contributed by atoms with Gasteiger partial charge in [-0.2, -0.15) is 0 Å². The van der Waals surface area contributed by atoms with Gasteiger partial charge in [0.1, 0.15) is 11.5 Å². The van der Waals surface area contributed by atoms with E-state index >= 15 is 0 Å². The highest BCUT2D eigenvalue weighted by Gasteiger charge is 2.33. The Morgan fingerprint density at radius 3 is 1.21 bits per heavy atom. The Morgan fingerprint density at radius 1 is 0.605 bits per heavy atom. The number of hydrogen-bond acceptors (Lipinski definition) is 6. The third-order valence-corrected chi connectivity index (χ3v) is 9.47. The molecular formula is C36H54O5S2. The van der Waals surface area contributed by atoms with Crippen molar-refractivity contribution in [1.29, 1.82) is 0 Å². The number of rotatable bonds is 9. The van der Waals surface area contributed by atoms with Crippen molar-refractivity contribution in [2.24, 2.45) is 0 Å². The molecule has 0 atom stereocenters. The number of hydrogen-bond donors (Lipinski definition) is 1. The minimum atomic E-state index is -1.02. The SMILES string of the molecule is COc1c(C(C)(C)C)cc(SC(C)(C)Sc2cc(C(C)(C)C)c(OC(=O)CCC(=O)O)c(C(C)(C)C)c2)cc1C(C)(C)C. The first kappa shape index (κ1) is 37.1. The molecule has 0 aliphatic heterocycles. The maximum Gasteiger partial charge on any atom is 0.311 e. The van der Waals surface area contributed by atoms with Gasteiger partial charge < -0.3 is 14.6 Å². The topological polar surface area (TPSA) is 72.8 Å². The molecular weight excluding hydrogens is 577 g/mol. The van der Waals surface area contributed by atoms with Gasteiger partial charge in [0.25, 0.3) is 0 Å². The molecule has 0 bridgehead atoms. The Bertz CT molecular complexity index is 1260. The van der Waals surface area contributed by atoms with Gasteiger partial charge in [-0.3, -0.25) is 9.59 Å². The molecule has 0 spiro atoms. The number of ether oxygens (including phenoxy) is 2. The molecule has 0 unspecified atom stereocenters. The molecule has 0 fully saturated rings. The van der Waals surface area contributed by atoms with Gasteiger partial charge >= 0.3 is 11.9 Å².